The van der Waals surface area contributed by atoms with Crippen LogP contribution in [-0.4, -0.2) is 10.9 Å². The van der Waals surface area contributed by atoms with E-state index < -0.39 is 0 Å². The average Bonchev–Trinajstić information content (AvgIpc) is 2.83. The van der Waals surface area contributed by atoms with Crippen LogP contribution in [0.5, 0.6) is 5.88 Å². The number of benzene rings is 3. The number of hydrogen-bond donors (Lipinski definition) is 1. The molecule has 154 valence electrons. The SMILES string of the molecule is O=C(N[C@H]1CCCc2ccccc21)c1cc(OCc2ccccc2)nc2ccccc12. The van der Waals surface area contributed by atoms with Gasteiger partial charge in [-0.1, -0.05) is 72.8 Å². The molecule has 1 N–H and O–H groups in total. The normalized spacial score (nSPS) is 15.3. The molecule has 0 aliphatic heterocycles. The van der Waals surface area contributed by atoms with Gasteiger partial charge in [0.2, 0.25) is 5.88 Å². The third-order valence-electron chi connectivity index (χ3n) is 5.84. The van der Waals surface area contributed by atoms with Gasteiger partial charge in [0.05, 0.1) is 17.1 Å². The van der Waals surface area contributed by atoms with E-state index >= 15 is 0 Å². The van der Waals surface area contributed by atoms with Gasteiger partial charge in [-0.2, -0.15) is 0 Å². The van der Waals surface area contributed by atoms with Gasteiger partial charge in [0.15, 0.2) is 0 Å². The van der Waals surface area contributed by atoms with E-state index in [0.717, 1.165) is 35.7 Å². The van der Waals surface area contributed by atoms with Gasteiger partial charge in [-0.05, 0) is 42.0 Å². The smallest absolute Gasteiger partial charge is 0.252 e. The van der Waals surface area contributed by atoms with Crippen molar-refractivity contribution in [3.63, 3.8) is 0 Å². The maximum Gasteiger partial charge on any atom is 0.252 e. The van der Waals surface area contributed by atoms with Gasteiger partial charge < -0.3 is 10.1 Å². The number of carbonyl (C=O) groups is 1. The number of fused-ring (bicyclic) bond motifs is 2. The summed E-state index contributed by atoms with van der Waals surface area (Å²) in [5.41, 5.74) is 4.95. The molecule has 0 saturated heterocycles. The summed E-state index contributed by atoms with van der Waals surface area (Å²) in [4.78, 5) is 18.0. The molecule has 1 aliphatic rings. The third-order valence-corrected chi connectivity index (χ3v) is 5.84. The zero-order valence-electron chi connectivity index (χ0n) is 17.3. The first-order chi connectivity index (χ1) is 15.3. The van der Waals surface area contributed by atoms with E-state index in [1.165, 1.54) is 11.1 Å². The molecule has 1 aliphatic carbocycles. The number of nitrogens with one attached hydrogen (secondary N) is 1. The van der Waals surface area contributed by atoms with E-state index in [0.29, 0.717) is 18.1 Å². The van der Waals surface area contributed by atoms with Crippen molar-refractivity contribution in [2.75, 3.05) is 0 Å². The van der Waals surface area contributed by atoms with Crippen LogP contribution in [0, 0.1) is 0 Å². The quantitative estimate of drug-likeness (QED) is 0.466. The number of amides is 1. The number of aryl methyl sites for hydroxylation is 1. The third kappa shape index (κ3) is 4.15. The minimum Gasteiger partial charge on any atom is -0.473 e. The van der Waals surface area contributed by atoms with Crippen LogP contribution in [0.1, 0.15) is 45.9 Å². The molecular formula is C27H24N2O2. The van der Waals surface area contributed by atoms with Crippen LogP contribution >= 0.6 is 0 Å². The minimum atomic E-state index is -0.0927. The molecule has 31 heavy (non-hydrogen) atoms. The van der Waals surface area contributed by atoms with E-state index in [9.17, 15) is 4.79 Å². The van der Waals surface area contributed by atoms with Crippen LogP contribution in [0.2, 0.25) is 0 Å². The summed E-state index contributed by atoms with van der Waals surface area (Å²) in [6, 6.07) is 27.8. The Morgan fingerprint density at radius 3 is 2.65 bits per heavy atom. The van der Waals surface area contributed by atoms with Crippen molar-refractivity contribution in [3.05, 3.63) is 107 Å². The van der Waals surface area contributed by atoms with E-state index in [1.54, 1.807) is 6.07 Å². The van der Waals surface area contributed by atoms with E-state index in [2.05, 4.69) is 28.5 Å². The summed E-state index contributed by atoms with van der Waals surface area (Å²) >= 11 is 0. The van der Waals surface area contributed by atoms with Crippen LogP contribution in [0.3, 0.4) is 0 Å². The Morgan fingerprint density at radius 2 is 1.74 bits per heavy atom. The number of pyridine rings is 1. The van der Waals surface area contributed by atoms with Gasteiger partial charge in [-0.3, -0.25) is 4.79 Å². The standard InChI is InChI=1S/C27H24N2O2/c30-27(29-24-16-8-12-20-11-4-5-13-21(20)24)23-17-26(28-25-15-7-6-14-22(23)25)31-18-19-9-2-1-3-10-19/h1-7,9-11,13-15,17,24H,8,12,16,18H2,(H,29,30)/t24-/m0/s1. The lowest BCUT2D eigenvalue weighted by atomic mass is 9.87. The van der Waals surface area contributed by atoms with Gasteiger partial charge in [0.1, 0.15) is 6.61 Å². The molecule has 0 bridgehead atoms. The highest BCUT2D eigenvalue weighted by atomic mass is 16.5. The molecule has 5 rings (SSSR count). The maximum atomic E-state index is 13.4. The topological polar surface area (TPSA) is 51.2 Å². The summed E-state index contributed by atoms with van der Waals surface area (Å²) < 4.78 is 5.95. The Labute approximate surface area is 181 Å². The van der Waals surface area contributed by atoms with Crippen molar-refractivity contribution < 1.29 is 9.53 Å². The number of nitrogens with zero attached hydrogens (tertiary/aromatic N) is 1. The second kappa shape index (κ2) is 8.60. The molecule has 4 nitrogen and oxygen atoms in total. The summed E-state index contributed by atoms with van der Waals surface area (Å²) in [5, 5.41) is 4.09. The van der Waals surface area contributed by atoms with Crippen LogP contribution < -0.4 is 10.1 Å². The van der Waals surface area contributed by atoms with Crippen molar-refractivity contribution >= 4 is 16.8 Å². The van der Waals surface area contributed by atoms with Gasteiger partial charge in [0.25, 0.3) is 5.91 Å². The van der Waals surface area contributed by atoms with Gasteiger partial charge in [-0.25, -0.2) is 4.98 Å². The molecular weight excluding hydrogens is 384 g/mol. The maximum absolute atomic E-state index is 13.4. The van der Waals surface area contributed by atoms with Crippen LogP contribution in [0.15, 0.2) is 84.9 Å². The predicted molar refractivity (Wildman–Crippen MR) is 122 cm³/mol. The molecule has 3 aromatic carbocycles. The molecule has 1 atom stereocenters. The molecule has 4 heteroatoms. The molecule has 0 radical (unpaired) electrons. The first kappa shape index (κ1) is 19.3. The lowest BCUT2D eigenvalue weighted by molar-refractivity contribution is 0.0934. The van der Waals surface area contributed by atoms with E-state index in [1.807, 2.05) is 60.7 Å². The fraction of sp³-hybridized carbons (Fsp3) is 0.185. The number of aromatic nitrogens is 1. The second-order valence-corrected chi connectivity index (χ2v) is 7.92. The average molecular weight is 409 g/mol. The molecule has 1 amide bonds. The number of carbonyl (C=O) groups excluding carboxylic acids is 1. The van der Waals surface area contributed by atoms with E-state index in [4.69, 9.17) is 4.74 Å². The highest BCUT2D eigenvalue weighted by Crippen LogP contribution is 2.30. The fourth-order valence-corrected chi connectivity index (χ4v) is 4.28. The molecule has 0 fully saturated rings. The Kier molecular flexibility index (Phi) is 5.36. The number of rotatable bonds is 5. The Balaban J connectivity index is 1.44. The molecule has 0 saturated carbocycles. The van der Waals surface area contributed by atoms with Gasteiger partial charge in [0, 0.05) is 11.5 Å². The Morgan fingerprint density at radius 1 is 0.968 bits per heavy atom. The van der Waals surface area contributed by atoms with Crippen molar-refractivity contribution in [2.24, 2.45) is 0 Å². The van der Waals surface area contributed by atoms with Crippen LogP contribution in [-0.2, 0) is 13.0 Å². The predicted octanol–water partition coefficient (Wildman–Crippen LogP) is 5.62. The zero-order chi connectivity index (χ0) is 21.0. The highest BCUT2D eigenvalue weighted by molar-refractivity contribution is 6.06. The summed E-state index contributed by atoms with van der Waals surface area (Å²) in [6.07, 6.45) is 3.09. The summed E-state index contributed by atoms with van der Waals surface area (Å²) in [6.45, 7) is 0.406. The number of ether oxygens (including phenoxy) is 1. The fourth-order valence-electron chi connectivity index (χ4n) is 4.28. The zero-order valence-corrected chi connectivity index (χ0v) is 17.3. The first-order valence-corrected chi connectivity index (χ1v) is 10.7. The van der Waals surface area contributed by atoms with E-state index in [-0.39, 0.29) is 11.9 Å². The number of hydrogen-bond acceptors (Lipinski definition) is 3. The highest BCUT2D eigenvalue weighted by Gasteiger charge is 2.23. The van der Waals surface area contributed by atoms with Gasteiger partial charge >= 0.3 is 0 Å². The van der Waals surface area contributed by atoms with Crippen molar-refractivity contribution in [2.45, 2.75) is 31.9 Å². The van der Waals surface area contributed by atoms with Crippen LogP contribution in [0.25, 0.3) is 10.9 Å². The first-order valence-electron chi connectivity index (χ1n) is 10.7. The molecule has 4 aromatic rings. The Bertz CT molecular complexity index is 1220. The lowest BCUT2D eigenvalue weighted by Gasteiger charge is -2.26. The largest absolute Gasteiger partial charge is 0.473 e. The van der Waals surface area contributed by atoms with Crippen molar-refractivity contribution in [3.8, 4) is 5.88 Å². The number of para-hydroxylation sites is 1. The Hall–Kier alpha value is -3.66. The monoisotopic (exact) mass is 408 g/mol. The summed E-state index contributed by atoms with van der Waals surface area (Å²) in [7, 11) is 0. The molecule has 1 aromatic heterocycles. The molecule has 0 unspecified atom stereocenters. The minimum absolute atomic E-state index is 0.0260. The van der Waals surface area contributed by atoms with Crippen molar-refractivity contribution in [1.82, 2.24) is 10.3 Å². The van der Waals surface area contributed by atoms with Crippen LogP contribution in [0.4, 0.5) is 0 Å². The van der Waals surface area contributed by atoms with Gasteiger partial charge in [-0.15, -0.1) is 0 Å². The molecule has 0 spiro atoms. The lowest BCUT2D eigenvalue weighted by Crippen LogP contribution is -2.31. The second-order valence-electron chi connectivity index (χ2n) is 7.92. The summed E-state index contributed by atoms with van der Waals surface area (Å²) in [5.74, 6) is 0.363. The molecule has 1 heterocycles. The van der Waals surface area contributed by atoms with Crippen molar-refractivity contribution in [1.29, 1.82) is 0 Å².